The van der Waals surface area contributed by atoms with Gasteiger partial charge in [0.15, 0.2) is 5.82 Å². The van der Waals surface area contributed by atoms with Gasteiger partial charge >= 0.3 is 0 Å². The van der Waals surface area contributed by atoms with Gasteiger partial charge in [-0.15, -0.1) is 0 Å². The van der Waals surface area contributed by atoms with Crippen LogP contribution in [0.25, 0.3) is 11.3 Å². The normalized spacial score (nSPS) is 14.2. The molecule has 0 aliphatic carbocycles. The fraction of sp³-hybridized carbons (Fsp3) is 0.238. The third-order valence-corrected chi connectivity index (χ3v) is 5.33. The quantitative estimate of drug-likeness (QED) is 0.704. The lowest BCUT2D eigenvalue weighted by molar-refractivity contribution is 0.0746. The Kier molecular flexibility index (Phi) is 5.40. The molecular weight excluding hydrogens is 395 g/mol. The van der Waals surface area contributed by atoms with Crippen LogP contribution in [0.15, 0.2) is 48.5 Å². The lowest BCUT2D eigenvalue weighted by atomic mass is 10.1. The summed E-state index contributed by atoms with van der Waals surface area (Å²) in [5.41, 5.74) is 2.26. The maximum atomic E-state index is 13.2. The van der Waals surface area contributed by atoms with E-state index in [1.165, 1.54) is 12.1 Å². The number of hydrogen-bond donors (Lipinski definition) is 1. The first kappa shape index (κ1) is 19.3. The predicted molar refractivity (Wildman–Crippen MR) is 110 cm³/mol. The van der Waals surface area contributed by atoms with E-state index in [1.807, 2.05) is 30.3 Å². The molecule has 1 N–H and O–H groups in total. The molecule has 3 aromatic rings. The second-order valence-corrected chi connectivity index (χ2v) is 7.18. The summed E-state index contributed by atoms with van der Waals surface area (Å²) >= 11 is 6.03. The van der Waals surface area contributed by atoms with E-state index in [0.29, 0.717) is 31.7 Å². The first-order valence-corrected chi connectivity index (χ1v) is 9.62. The van der Waals surface area contributed by atoms with Crippen molar-refractivity contribution in [2.75, 3.05) is 38.2 Å². The van der Waals surface area contributed by atoms with Crippen LogP contribution < -0.4 is 9.64 Å². The molecule has 2 heterocycles. The number of methoxy groups -OCH3 is 1. The van der Waals surface area contributed by atoms with Crippen LogP contribution in [0.3, 0.4) is 0 Å². The highest BCUT2D eigenvalue weighted by atomic mass is 35.5. The van der Waals surface area contributed by atoms with Crippen LogP contribution in [0.5, 0.6) is 5.75 Å². The van der Waals surface area contributed by atoms with Crippen molar-refractivity contribution in [1.82, 2.24) is 15.1 Å². The number of amides is 1. The fourth-order valence-corrected chi connectivity index (χ4v) is 3.61. The molecule has 1 fully saturated rings. The molecule has 0 radical (unpaired) electrons. The van der Waals surface area contributed by atoms with Crippen LogP contribution in [-0.4, -0.2) is 54.3 Å². The first-order valence-electron chi connectivity index (χ1n) is 9.24. The van der Waals surface area contributed by atoms with Crippen molar-refractivity contribution in [3.63, 3.8) is 0 Å². The van der Waals surface area contributed by atoms with Crippen LogP contribution in [0.4, 0.5) is 10.2 Å². The number of carbonyl (C=O) groups is 1. The summed E-state index contributed by atoms with van der Waals surface area (Å²) in [5, 5.41) is 7.61. The molecule has 6 nitrogen and oxygen atoms in total. The van der Waals surface area contributed by atoms with Crippen LogP contribution in [-0.2, 0) is 0 Å². The molecule has 0 bridgehead atoms. The Morgan fingerprint density at radius 3 is 2.48 bits per heavy atom. The van der Waals surface area contributed by atoms with Gasteiger partial charge in [-0.1, -0.05) is 11.6 Å². The predicted octanol–water partition coefficient (Wildman–Crippen LogP) is 3.84. The average molecular weight is 415 g/mol. The van der Waals surface area contributed by atoms with Gasteiger partial charge in [-0.05, 0) is 48.0 Å². The van der Waals surface area contributed by atoms with Crippen molar-refractivity contribution in [1.29, 1.82) is 0 Å². The van der Waals surface area contributed by atoms with Gasteiger partial charge in [0.2, 0.25) is 0 Å². The fourth-order valence-electron chi connectivity index (χ4n) is 3.36. The van der Waals surface area contributed by atoms with Gasteiger partial charge in [-0.25, -0.2) is 4.39 Å². The van der Waals surface area contributed by atoms with Crippen LogP contribution in [0.1, 0.15) is 10.4 Å². The van der Waals surface area contributed by atoms with Crippen molar-refractivity contribution in [2.45, 2.75) is 0 Å². The van der Waals surface area contributed by atoms with E-state index >= 15 is 0 Å². The van der Waals surface area contributed by atoms with Crippen LogP contribution >= 0.6 is 11.6 Å². The molecular formula is C21H20ClFN4O2. The number of rotatable bonds is 4. The van der Waals surface area contributed by atoms with Crippen molar-refractivity contribution in [3.05, 3.63) is 64.9 Å². The number of anilines is 1. The number of aromatic amines is 1. The number of nitrogens with zero attached hydrogens (tertiary/aromatic N) is 3. The summed E-state index contributed by atoms with van der Waals surface area (Å²) in [4.78, 5) is 16.5. The summed E-state index contributed by atoms with van der Waals surface area (Å²) < 4.78 is 18.4. The van der Waals surface area contributed by atoms with Crippen LogP contribution in [0, 0.1) is 5.82 Å². The lowest BCUT2D eigenvalue weighted by Crippen LogP contribution is -2.49. The van der Waals surface area contributed by atoms with Gasteiger partial charge in [0.25, 0.3) is 5.91 Å². The third-order valence-electron chi connectivity index (χ3n) is 5.02. The minimum Gasteiger partial charge on any atom is -0.497 e. The molecule has 29 heavy (non-hydrogen) atoms. The molecule has 4 rings (SSSR count). The number of benzene rings is 2. The molecule has 1 aliphatic heterocycles. The molecule has 0 saturated carbocycles. The monoisotopic (exact) mass is 414 g/mol. The minimum atomic E-state index is -0.456. The molecule has 8 heteroatoms. The Bertz CT molecular complexity index is 1010. The summed E-state index contributed by atoms with van der Waals surface area (Å²) in [6.45, 7) is 2.38. The van der Waals surface area contributed by atoms with Crippen molar-refractivity contribution >= 4 is 23.3 Å². The van der Waals surface area contributed by atoms with Gasteiger partial charge in [0.1, 0.15) is 11.6 Å². The Morgan fingerprint density at radius 2 is 1.83 bits per heavy atom. The maximum Gasteiger partial charge on any atom is 0.255 e. The highest BCUT2D eigenvalue weighted by Crippen LogP contribution is 2.25. The molecule has 2 aromatic carbocycles. The lowest BCUT2D eigenvalue weighted by Gasteiger charge is -2.35. The minimum absolute atomic E-state index is 0.133. The Hall–Kier alpha value is -3.06. The second-order valence-electron chi connectivity index (χ2n) is 6.77. The topological polar surface area (TPSA) is 61.5 Å². The van der Waals surface area contributed by atoms with E-state index in [0.717, 1.165) is 28.9 Å². The Labute approximate surface area is 172 Å². The third kappa shape index (κ3) is 4.05. The molecule has 1 amide bonds. The molecule has 150 valence electrons. The molecule has 1 aliphatic rings. The zero-order valence-corrected chi connectivity index (χ0v) is 16.6. The van der Waals surface area contributed by atoms with Crippen molar-refractivity contribution < 1.29 is 13.9 Å². The van der Waals surface area contributed by atoms with Crippen molar-refractivity contribution in [2.24, 2.45) is 0 Å². The number of carbonyl (C=O) groups excluding carboxylic acids is 1. The SMILES string of the molecule is COc1ccc(-c2cc(N3CCN(C(=O)c4ccc(F)cc4Cl)CC3)n[nH]2)cc1. The Balaban J connectivity index is 1.40. The number of hydrogen-bond acceptors (Lipinski definition) is 4. The van der Waals surface area contributed by atoms with Gasteiger partial charge in [0, 0.05) is 32.2 Å². The summed E-state index contributed by atoms with van der Waals surface area (Å²) in [5.74, 6) is 0.997. The largest absolute Gasteiger partial charge is 0.497 e. The number of halogens is 2. The van der Waals surface area contributed by atoms with Crippen molar-refractivity contribution in [3.8, 4) is 17.0 Å². The number of nitrogens with one attached hydrogen (secondary N) is 1. The van der Waals surface area contributed by atoms with E-state index in [4.69, 9.17) is 16.3 Å². The van der Waals surface area contributed by atoms with Crippen LogP contribution in [0.2, 0.25) is 5.02 Å². The molecule has 0 unspecified atom stereocenters. The maximum absolute atomic E-state index is 13.2. The molecule has 1 saturated heterocycles. The standard InChI is InChI=1S/C21H20ClFN4O2/c1-29-16-5-2-14(3-6-16)19-13-20(25-24-19)26-8-10-27(11-9-26)21(28)17-7-4-15(23)12-18(17)22/h2-7,12-13H,8-11H2,1H3,(H,24,25). The van der Waals surface area contributed by atoms with Gasteiger partial charge in [-0.2, -0.15) is 5.10 Å². The smallest absolute Gasteiger partial charge is 0.255 e. The number of ether oxygens (including phenoxy) is 1. The van der Waals surface area contributed by atoms with E-state index in [2.05, 4.69) is 15.1 Å². The average Bonchev–Trinajstić information content (AvgIpc) is 3.24. The van der Waals surface area contributed by atoms with Gasteiger partial charge in [-0.3, -0.25) is 9.89 Å². The number of aromatic nitrogens is 2. The highest BCUT2D eigenvalue weighted by molar-refractivity contribution is 6.33. The number of piperazine rings is 1. The zero-order chi connectivity index (χ0) is 20.4. The van der Waals surface area contributed by atoms with Gasteiger partial charge in [0.05, 0.1) is 23.4 Å². The zero-order valence-electron chi connectivity index (χ0n) is 15.9. The van der Waals surface area contributed by atoms with E-state index in [-0.39, 0.29) is 10.9 Å². The summed E-state index contributed by atoms with van der Waals surface area (Å²) in [6.07, 6.45) is 0. The highest BCUT2D eigenvalue weighted by Gasteiger charge is 2.25. The van der Waals surface area contributed by atoms with E-state index in [1.54, 1.807) is 12.0 Å². The van der Waals surface area contributed by atoms with E-state index in [9.17, 15) is 9.18 Å². The Morgan fingerprint density at radius 1 is 1.10 bits per heavy atom. The summed E-state index contributed by atoms with van der Waals surface area (Å²) in [6, 6.07) is 13.6. The molecule has 0 spiro atoms. The molecule has 0 atom stereocenters. The summed E-state index contributed by atoms with van der Waals surface area (Å²) in [7, 11) is 1.64. The molecule has 1 aromatic heterocycles. The van der Waals surface area contributed by atoms with E-state index < -0.39 is 5.82 Å². The first-order chi connectivity index (χ1) is 14.0. The van der Waals surface area contributed by atoms with Gasteiger partial charge < -0.3 is 14.5 Å². The number of H-pyrrole nitrogens is 1. The second kappa shape index (κ2) is 8.13.